The number of amides is 1. The number of rotatable bonds is 5. The van der Waals surface area contributed by atoms with Gasteiger partial charge in [-0.1, -0.05) is 37.0 Å². The van der Waals surface area contributed by atoms with E-state index in [1.165, 1.54) is 19.3 Å². The Morgan fingerprint density at radius 3 is 2.71 bits per heavy atom. The van der Waals surface area contributed by atoms with Gasteiger partial charge in [0.25, 0.3) is 5.91 Å². The summed E-state index contributed by atoms with van der Waals surface area (Å²) in [6.07, 6.45) is 6.03. The van der Waals surface area contributed by atoms with Crippen LogP contribution in [0.2, 0.25) is 0 Å². The summed E-state index contributed by atoms with van der Waals surface area (Å²) >= 11 is 0. The molecule has 0 aromatic heterocycles. The molecule has 0 bridgehead atoms. The average Bonchev–Trinajstić information content (AvgIpc) is 2.51. The Bertz CT molecular complexity index is 493. The molecule has 1 aliphatic carbocycles. The normalized spacial score (nSPS) is 15.5. The van der Waals surface area contributed by atoms with Crippen LogP contribution in [-0.2, 0) is 9.53 Å². The molecule has 1 amide bonds. The summed E-state index contributed by atoms with van der Waals surface area (Å²) < 4.78 is 5.24. The summed E-state index contributed by atoms with van der Waals surface area (Å²) in [5.41, 5.74) is 1.58. The van der Waals surface area contributed by atoms with E-state index in [9.17, 15) is 9.59 Å². The predicted molar refractivity (Wildman–Crippen MR) is 81.0 cm³/mol. The Hall–Kier alpha value is -1.84. The fourth-order valence-corrected chi connectivity index (χ4v) is 2.66. The van der Waals surface area contributed by atoms with E-state index >= 15 is 0 Å². The van der Waals surface area contributed by atoms with Crippen molar-refractivity contribution in [1.82, 2.24) is 5.32 Å². The number of carbonyl (C=O) groups is 2. The van der Waals surface area contributed by atoms with Crippen molar-refractivity contribution >= 4 is 11.9 Å². The highest BCUT2D eigenvalue weighted by Crippen LogP contribution is 2.23. The second kappa shape index (κ2) is 7.81. The van der Waals surface area contributed by atoms with E-state index in [-0.39, 0.29) is 18.4 Å². The van der Waals surface area contributed by atoms with Crippen molar-refractivity contribution in [2.45, 2.75) is 39.0 Å². The second-order valence-corrected chi connectivity index (χ2v) is 5.74. The summed E-state index contributed by atoms with van der Waals surface area (Å²) in [6.45, 7) is 2.34. The Kier molecular flexibility index (Phi) is 5.78. The molecule has 21 heavy (non-hydrogen) atoms. The molecule has 114 valence electrons. The van der Waals surface area contributed by atoms with E-state index in [1.807, 2.05) is 19.1 Å². The molecule has 1 saturated carbocycles. The zero-order chi connectivity index (χ0) is 15.1. The van der Waals surface area contributed by atoms with Crippen LogP contribution in [0.25, 0.3) is 0 Å². The summed E-state index contributed by atoms with van der Waals surface area (Å²) in [4.78, 5) is 23.5. The van der Waals surface area contributed by atoms with Crippen molar-refractivity contribution in [3.8, 4) is 0 Å². The van der Waals surface area contributed by atoms with Crippen molar-refractivity contribution in [2.24, 2.45) is 5.92 Å². The lowest BCUT2D eigenvalue weighted by Gasteiger charge is -2.21. The van der Waals surface area contributed by atoms with Crippen molar-refractivity contribution in [1.29, 1.82) is 0 Å². The van der Waals surface area contributed by atoms with Gasteiger partial charge in [-0.15, -0.1) is 0 Å². The van der Waals surface area contributed by atoms with Crippen molar-refractivity contribution in [3.63, 3.8) is 0 Å². The van der Waals surface area contributed by atoms with Crippen LogP contribution in [0.3, 0.4) is 0 Å². The van der Waals surface area contributed by atoms with Gasteiger partial charge in [0.05, 0.1) is 6.61 Å². The fourth-order valence-electron chi connectivity index (χ4n) is 2.66. The molecule has 0 heterocycles. The number of hydrogen-bond donors (Lipinski definition) is 1. The largest absolute Gasteiger partial charge is 0.464 e. The van der Waals surface area contributed by atoms with Crippen LogP contribution in [0, 0.1) is 12.8 Å². The zero-order valence-electron chi connectivity index (χ0n) is 12.6. The number of esters is 1. The highest BCUT2D eigenvalue weighted by atomic mass is 16.5. The van der Waals surface area contributed by atoms with Gasteiger partial charge in [-0.05, 0) is 37.8 Å². The molecule has 0 saturated heterocycles. The number of hydrogen-bond acceptors (Lipinski definition) is 3. The number of nitrogens with one attached hydrogen (secondary N) is 1. The maximum atomic E-state index is 11.9. The molecule has 0 radical (unpaired) electrons. The first-order chi connectivity index (χ1) is 10.1. The number of carbonyl (C=O) groups excluding carboxylic acids is 2. The minimum absolute atomic E-state index is 0.0699. The monoisotopic (exact) mass is 289 g/mol. The quantitative estimate of drug-likeness (QED) is 0.848. The fraction of sp³-hybridized carbons (Fsp3) is 0.529. The molecule has 1 aromatic carbocycles. The average molecular weight is 289 g/mol. The molecule has 1 aliphatic rings. The predicted octanol–water partition coefficient (Wildman–Crippen LogP) is 2.85. The first-order valence-corrected chi connectivity index (χ1v) is 7.65. The third-order valence-electron chi connectivity index (χ3n) is 3.88. The van der Waals surface area contributed by atoms with E-state index in [1.54, 1.807) is 12.1 Å². The van der Waals surface area contributed by atoms with Crippen LogP contribution in [-0.4, -0.2) is 25.0 Å². The van der Waals surface area contributed by atoms with E-state index in [2.05, 4.69) is 5.32 Å². The molecule has 1 aromatic rings. The van der Waals surface area contributed by atoms with Gasteiger partial charge in [0.2, 0.25) is 0 Å². The Morgan fingerprint density at radius 2 is 2.00 bits per heavy atom. The molecule has 1 N–H and O–H groups in total. The number of aryl methyl sites for hydroxylation is 1. The smallest absolute Gasteiger partial charge is 0.325 e. The number of ether oxygens (including phenoxy) is 1. The molecule has 0 unspecified atom stereocenters. The first-order valence-electron chi connectivity index (χ1n) is 7.65. The summed E-state index contributed by atoms with van der Waals surface area (Å²) in [5.74, 6) is -0.106. The minimum atomic E-state index is -0.360. The molecule has 2 rings (SSSR count). The van der Waals surface area contributed by atoms with Gasteiger partial charge < -0.3 is 10.1 Å². The summed E-state index contributed by atoms with van der Waals surface area (Å²) in [5, 5.41) is 2.60. The van der Waals surface area contributed by atoms with Crippen LogP contribution in [0.1, 0.15) is 48.0 Å². The Labute approximate surface area is 125 Å². The van der Waals surface area contributed by atoms with Crippen molar-refractivity contribution in [2.75, 3.05) is 13.2 Å². The topological polar surface area (TPSA) is 55.4 Å². The molecule has 0 aliphatic heterocycles. The molecule has 4 nitrogen and oxygen atoms in total. The van der Waals surface area contributed by atoms with E-state index in [4.69, 9.17) is 4.74 Å². The van der Waals surface area contributed by atoms with Gasteiger partial charge in [0.15, 0.2) is 0 Å². The lowest BCUT2D eigenvalue weighted by atomic mass is 9.90. The number of benzene rings is 1. The van der Waals surface area contributed by atoms with Gasteiger partial charge in [-0.2, -0.15) is 0 Å². The van der Waals surface area contributed by atoms with Crippen LogP contribution in [0.5, 0.6) is 0 Å². The molecule has 1 fully saturated rings. The van der Waals surface area contributed by atoms with Crippen LogP contribution in [0.15, 0.2) is 24.3 Å². The van der Waals surface area contributed by atoms with Crippen molar-refractivity contribution in [3.05, 3.63) is 35.4 Å². The van der Waals surface area contributed by atoms with E-state index in [0.717, 1.165) is 18.4 Å². The van der Waals surface area contributed by atoms with Gasteiger partial charge in [-0.3, -0.25) is 9.59 Å². The maximum Gasteiger partial charge on any atom is 0.325 e. The van der Waals surface area contributed by atoms with E-state index in [0.29, 0.717) is 18.1 Å². The van der Waals surface area contributed by atoms with Gasteiger partial charge in [-0.25, -0.2) is 0 Å². The Morgan fingerprint density at radius 1 is 1.24 bits per heavy atom. The van der Waals surface area contributed by atoms with Crippen LogP contribution < -0.4 is 5.32 Å². The molecular formula is C17H23NO3. The van der Waals surface area contributed by atoms with E-state index < -0.39 is 0 Å². The lowest BCUT2D eigenvalue weighted by Crippen LogP contribution is -2.31. The first kappa shape index (κ1) is 15.5. The molecular weight excluding hydrogens is 266 g/mol. The third kappa shape index (κ3) is 5.21. The van der Waals surface area contributed by atoms with Gasteiger partial charge >= 0.3 is 5.97 Å². The van der Waals surface area contributed by atoms with Crippen LogP contribution in [0.4, 0.5) is 0 Å². The zero-order valence-corrected chi connectivity index (χ0v) is 12.6. The van der Waals surface area contributed by atoms with Crippen LogP contribution >= 0.6 is 0 Å². The second-order valence-electron chi connectivity index (χ2n) is 5.74. The lowest BCUT2D eigenvalue weighted by molar-refractivity contribution is -0.144. The standard InChI is InChI=1S/C17H23NO3/c1-13-6-5-9-15(10-13)17(20)18-11-16(19)21-12-14-7-3-2-4-8-14/h5-6,9-10,14H,2-4,7-8,11-12H2,1H3,(H,18,20). The third-order valence-corrected chi connectivity index (χ3v) is 3.88. The Balaban J connectivity index is 1.69. The summed E-state index contributed by atoms with van der Waals surface area (Å²) in [6, 6.07) is 7.28. The molecule has 0 spiro atoms. The van der Waals surface area contributed by atoms with Crippen molar-refractivity contribution < 1.29 is 14.3 Å². The highest BCUT2D eigenvalue weighted by Gasteiger charge is 2.16. The minimum Gasteiger partial charge on any atom is -0.464 e. The maximum absolute atomic E-state index is 11.9. The highest BCUT2D eigenvalue weighted by molar-refractivity contribution is 5.96. The summed E-state index contributed by atoms with van der Waals surface area (Å²) in [7, 11) is 0. The molecule has 0 atom stereocenters. The van der Waals surface area contributed by atoms with Gasteiger partial charge in [0, 0.05) is 5.56 Å². The van der Waals surface area contributed by atoms with Gasteiger partial charge in [0.1, 0.15) is 6.54 Å². The molecule has 4 heteroatoms. The SMILES string of the molecule is Cc1cccc(C(=O)NCC(=O)OCC2CCCCC2)c1.